The molecule has 0 unspecified atom stereocenters. The smallest absolute Gasteiger partial charge is 0.329 e. The van der Waals surface area contributed by atoms with Gasteiger partial charge in [0.05, 0.1) is 23.4 Å². The Balaban J connectivity index is 1.48. The Kier molecular flexibility index (Phi) is 5.42. The van der Waals surface area contributed by atoms with Crippen LogP contribution in [0.15, 0.2) is 12.1 Å². The van der Waals surface area contributed by atoms with Crippen molar-refractivity contribution in [3.05, 3.63) is 33.4 Å². The zero-order valence-electron chi connectivity index (χ0n) is 16.5. The molecule has 1 aromatic carbocycles. The highest BCUT2D eigenvalue weighted by Crippen LogP contribution is 2.39. The van der Waals surface area contributed by atoms with Crippen LogP contribution in [0.4, 0.5) is 5.69 Å². The molecule has 30 heavy (non-hydrogen) atoms. The van der Waals surface area contributed by atoms with Crippen LogP contribution in [0.5, 0.6) is 5.75 Å². The molecule has 10 heteroatoms. The number of likely N-dealkylation sites (tertiary alicyclic amines) is 1. The van der Waals surface area contributed by atoms with Gasteiger partial charge in [-0.3, -0.25) is 24.6 Å². The Hall–Kier alpha value is -3.01. The van der Waals surface area contributed by atoms with Gasteiger partial charge in [0.15, 0.2) is 6.79 Å². The number of ether oxygens (including phenoxy) is 3. The third kappa shape index (κ3) is 3.51. The second-order valence-electron chi connectivity index (χ2n) is 7.79. The van der Waals surface area contributed by atoms with E-state index in [-0.39, 0.29) is 49.3 Å². The van der Waals surface area contributed by atoms with E-state index >= 15 is 0 Å². The summed E-state index contributed by atoms with van der Waals surface area (Å²) in [7, 11) is 0. The SMILES string of the molecule is C[C@@H](C(=O)OCc1cc([N+](=O)[O-])cc2c1OCOC2)N1C(=O)[C@H]2CCCC[C@@H]2C1=O. The summed E-state index contributed by atoms with van der Waals surface area (Å²) in [6.45, 7) is 1.31. The summed E-state index contributed by atoms with van der Waals surface area (Å²) >= 11 is 0. The Morgan fingerprint density at radius 2 is 1.93 bits per heavy atom. The lowest BCUT2D eigenvalue weighted by atomic mass is 9.81. The molecule has 4 rings (SSSR count). The minimum atomic E-state index is -1.06. The standard InChI is InChI=1S/C20H22N2O8/c1-11(21-18(23)15-4-2-3-5-16(15)19(21)24)20(25)29-9-13-7-14(22(26)27)6-12-8-28-10-30-17(12)13/h6-7,11,15-16H,2-5,8-10H2,1H3/t11-,15-,16-/m0/s1. The maximum absolute atomic E-state index is 12.7. The third-order valence-corrected chi connectivity index (χ3v) is 5.96. The van der Waals surface area contributed by atoms with E-state index in [4.69, 9.17) is 14.2 Å². The molecule has 0 spiro atoms. The number of carbonyl (C=O) groups excluding carboxylic acids is 3. The molecule has 0 aromatic heterocycles. The van der Waals surface area contributed by atoms with Crippen molar-refractivity contribution in [3.63, 3.8) is 0 Å². The number of nitrogens with zero attached hydrogens (tertiary/aromatic N) is 2. The molecule has 0 radical (unpaired) electrons. The van der Waals surface area contributed by atoms with Gasteiger partial charge in [-0.05, 0) is 19.8 Å². The topological polar surface area (TPSA) is 125 Å². The molecular weight excluding hydrogens is 396 g/mol. The van der Waals surface area contributed by atoms with Gasteiger partial charge in [0.25, 0.3) is 5.69 Å². The number of amides is 2. The molecule has 1 saturated carbocycles. The molecule has 10 nitrogen and oxygen atoms in total. The monoisotopic (exact) mass is 418 g/mol. The predicted octanol–water partition coefficient (Wildman–Crippen LogP) is 2.07. The van der Waals surface area contributed by atoms with E-state index in [1.165, 1.54) is 19.1 Å². The Morgan fingerprint density at radius 3 is 2.57 bits per heavy atom. The molecule has 1 aliphatic carbocycles. The van der Waals surface area contributed by atoms with Crippen molar-refractivity contribution in [2.75, 3.05) is 6.79 Å². The minimum absolute atomic E-state index is 0.0122. The number of hydrogen-bond acceptors (Lipinski definition) is 8. The molecule has 2 fully saturated rings. The molecule has 1 saturated heterocycles. The first kappa shape index (κ1) is 20.3. The second-order valence-corrected chi connectivity index (χ2v) is 7.79. The summed E-state index contributed by atoms with van der Waals surface area (Å²) in [6, 6.07) is 1.57. The summed E-state index contributed by atoms with van der Waals surface area (Å²) in [5, 5.41) is 11.2. The van der Waals surface area contributed by atoms with Crippen LogP contribution in [0.25, 0.3) is 0 Å². The first-order valence-electron chi connectivity index (χ1n) is 9.92. The van der Waals surface area contributed by atoms with Crippen molar-refractivity contribution < 1.29 is 33.5 Å². The van der Waals surface area contributed by atoms with Gasteiger partial charge in [-0.25, -0.2) is 4.79 Å². The lowest BCUT2D eigenvalue weighted by Crippen LogP contribution is -2.44. The number of carbonyl (C=O) groups is 3. The van der Waals surface area contributed by atoms with Crippen molar-refractivity contribution in [2.45, 2.75) is 51.9 Å². The minimum Gasteiger partial charge on any atom is -0.467 e. The molecule has 3 aliphatic rings. The molecule has 2 amide bonds. The normalized spacial score (nSPS) is 24.0. The number of hydrogen-bond donors (Lipinski definition) is 0. The van der Waals surface area contributed by atoms with Gasteiger partial charge in [-0.15, -0.1) is 0 Å². The van der Waals surface area contributed by atoms with E-state index in [0.717, 1.165) is 17.7 Å². The third-order valence-electron chi connectivity index (χ3n) is 5.96. The van der Waals surface area contributed by atoms with Crippen LogP contribution >= 0.6 is 0 Å². The van der Waals surface area contributed by atoms with Crippen LogP contribution < -0.4 is 4.74 Å². The maximum atomic E-state index is 12.7. The molecule has 3 atom stereocenters. The number of benzene rings is 1. The van der Waals surface area contributed by atoms with Crippen LogP contribution in [-0.4, -0.2) is 40.4 Å². The van der Waals surface area contributed by atoms with Crippen molar-refractivity contribution in [2.24, 2.45) is 11.8 Å². The van der Waals surface area contributed by atoms with Crippen LogP contribution in [0.3, 0.4) is 0 Å². The average molecular weight is 418 g/mol. The van der Waals surface area contributed by atoms with E-state index in [1.807, 2.05) is 0 Å². The Labute approximate surface area is 172 Å². The zero-order chi connectivity index (χ0) is 21.4. The van der Waals surface area contributed by atoms with Crippen LogP contribution in [-0.2, 0) is 37.1 Å². The van der Waals surface area contributed by atoms with Gasteiger partial charge in [-0.2, -0.15) is 0 Å². The predicted molar refractivity (Wildman–Crippen MR) is 99.9 cm³/mol. The van der Waals surface area contributed by atoms with E-state index in [1.54, 1.807) is 0 Å². The van der Waals surface area contributed by atoms with Crippen LogP contribution in [0.2, 0.25) is 0 Å². The van der Waals surface area contributed by atoms with Gasteiger partial charge in [0.2, 0.25) is 11.8 Å². The number of esters is 1. The summed E-state index contributed by atoms with van der Waals surface area (Å²) in [5.41, 5.74) is 0.648. The van der Waals surface area contributed by atoms with Gasteiger partial charge in [0, 0.05) is 23.3 Å². The van der Waals surface area contributed by atoms with Gasteiger partial charge >= 0.3 is 5.97 Å². The average Bonchev–Trinajstić information content (AvgIpc) is 3.01. The van der Waals surface area contributed by atoms with E-state index in [2.05, 4.69) is 0 Å². The zero-order valence-corrected chi connectivity index (χ0v) is 16.5. The Bertz CT molecular complexity index is 890. The summed E-state index contributed by atoms with van der Waals surface area (Å²) in [6.07, 6.45) is 3.11. The molecule has 160 valence electrons. The molecule has 1 aromatic rings. The van der Waals surface area contributed by atoms with Crippen molar-refractivity contribution in [1.29, 1.82) is 0 Å². The molecule has 0 bridgehead atoms. The van der Waals surface area contributed by atoms with Crippen molar-refractivity contribution in [1.82, 2.24) is 4.90 Å². The Morgan fingerprint density at radius 1 is 1.27 bits per heavy atom. The van der Waals surface area contributed by atoms with Gasteiger partial charge in [0.1, 0.15) is 18.4 Å². The summed E-state index contributed by atoms with van der Waals surface area (Å²) in [4.78, 5) is 49.6. The first-order chi connectivity index (χ1) is 14.4. The molecule has 2 heterocycles. The fourth-order valence-electron chi connectivity index (χ4n) is 4.44. The highest BCUT2D eigenvalue weighted by molar-refractivity contribution is 6.07. The highest BCUT2D eigenvalue weighted by atomic mass is 16.7. The van der Waals surface area contributed by atoms with Crippen LogP contribution in [0, 0.1) is 22.0 Å². The molecular formula is C20H22N2O8. The maximum Gasteiger partial charge on any atom is 0.329 e. The second kappa shape index (κ2) is 8.02. The van der Waals surface area contributed by atoms with Crippen molar-refractivity contribution >= 4 is 23.5 Å². The number of imide groups is 1. The molecule has 2 aliphatic heterocycles. The van der Waals surface area contributed by atoms with Gasteiger partial charge < -0.3 is 14.2 Å². The largest absolute Gasteiger partial charge is 0.467 e. The lowest BCUT2D eigenvalue weighted by Gasteiger charge is -2.23. The van der Waals surface area contributed by atoms with E-state index < -0.39 is 16.9 Å². The number of nitro groups is 1. The molecule has 0 N–H and O–H groups in total. The van der Waals surface area contributed by atoms with Crippen LogP contribution in [0.1, 0.15) is 43.7 Å². The quantitative estimate of drug-likeness (QED) is 0.308. The highest BCUT2D eigenvalue weighted by Gasteiger charge is 2.51. The lowest BCUT2D eigenvalue weighted by molar-refractivity contribution is -0.385. The summed E-state index contributed by atoms with van der Waals surface area (Å²) in [5.74, 6) is -1.70. The number of nitro benzene ring substituents is 1. The summed E-state index contributed by atoms with van der Waals surface area (Å²) < 4.78 is 15.9. The number of non-ortho nitro benzene ring substituents is 1. The fraction of sp³-hybridized carbons (Fsp3) is 0.550. The van der Waals surface area contributed by atoms with Crippen molar-refractivity contribution in [3.8, 4) is 5.75 Å². The van der Waals surface area contributed by atoms with E-state index in [9.17, 15) is 24.5 Å². The van der Waals surface area contributed by atoms with Gasteiger partial charge in [-0.1, -0.05) is 12.8 Å². The number of fused-ring (bicyclic) bond motifs is 2. The van der Waals surface area contributed by atoms with E-state index in [0.29, 0.717) is 29.7 Å². The first-order valence-corrected chi connectivity index (χ1v) is 9.92. The fourth-order valence-corrected chi connectivity index (χ4v) is 4.44. The number of rotatable bonds is 5.